The van der Waals surface area contributed by atoms with Crippen LogP contribution in [0.1, 0.15) is 5.56 Å². The number of hydrogen-bond donors (Lipinski definition) is 1. The maximum Gasteiger partial charge on any atom is 0.387 e. The van der Waals surface area contributed by atoms with E-state index >= 15 is 0 Å². The van der Waals surface area contributed by atoms with Gasteiger partial charge in [-0.05, 0) is 36.4 Å². The van der Waals surface area contributed by atoms with Gasteiger partial charge < -0.3 is 24.6 Å². The minimum Gasteiger partial charge on any atom is -0.493 e. The van der Waals surface area contributed by atoms with Crippen molar-refractivity contribution >= 4 is 35.2 Å². The summed E-state index contributed by atoms with van der Waals surface area (Å²) in [5.41, 5.74) is 1.28. The lowest BCUT2D eigenvalue weighted by atomic mass is 10.1. The van der Waals surface area contributed by atoms with Crippen LogP contribution in [0, 0.1) is 0 Å². The first kappa shape index (κ1) is 24.3. The van der Waals surface area contributed by atoms with Gasteiger partial charge in [-0.15, -0.1) is 0 Å². The lowest BCUT2D eigenvalue weighted by Gasteiger charge is -2.36. The number of rotatable bonds is 8. The zero-order chi connectivity index (χ0) is 23.8. The van der Waals surface area contributed by atoms with Gasteiger partial charge >= 0.3 is 6.61 Å². The molecule has 2 aromatic carbocycles. The molecule has 2 amide bonds. The summed E-state index contributed by atoms with van der Waals surface area (Å²) in [5.74, 6) is -0.788. The van der Waals surface area contributed by atoms with Crippen LogP contribution in [-0.4, -0.2) is 63.2 Å². The molecule has 0 aromatic heterocycles. The summed E-state index contributed by atoms with van der Waals surface area (Å²) in [7, 11) is 1.33. The van der Waals surface area contributed by atoms with E-state index < -0.39 is 12.5 Å². The van der Waals surface area contributed by atoms with Gasteiger partial charge in [0.15, 0.2) is 11.5 Å². The van der Waals surface area contributed by atoms with Crippen molar-refractivity contribution in [3.05, 3.63) is 59.1 Å². The van der Waals surface area contributed by atoms with Crippen LogP contribution in [0.15, 0.2) is 48.5 Å². The van der Waals surface area contributed by atoms with Crippen molar-refractivity contribution in [1.82, 2.24) is 10.2 Å². The molecule has 1 saturated heterocycles. The van der Waals surface area contributed by atoms with Crippen molar-refractivity contribution in [3.63, 3.8) is 0 Å². The minimum atomic E-state index is -3.04. The van der Waals surface area contributed by atoms with Crippen LogP contribution in [-0.2, 0) is 9.59 Å². The predicted molar refractivity (Wildman–Crippen MR) is 122 cm³/mol. The number of halogens is 3. The summed E-state index contributed by atoms with van der Waals surface area (Å²) < 4.78 is 35.0. The SMILES string of the molecule is COc1cccc(/C=C/C(=O)NCC(=O)N2CCN(c3ccc(Cl)cc3)CC2)c1OC(F)F. The molecule has 1 aliphatic heterocycles. The highest BCUT2D eigenvalue weighted by Crippen LogP contribution is 2.33. The molecule has 0 saturated carbocycles. The van der Waals surface area contributed by atoms with Gasteiger partial charge in [0.05, 0.1) is 13.7 Å². The highest BCUT2D eigenvalue weighted by molar-refractivity contribution is 6.30. The summed E-state index contributed by atoms with van der Waals surface area (Å²) in [5, 5.41) is 3.19. The monoisotopic (exact) mass is 479 g/mol. The maximum absolute atomic E-state index is 12.7. The van der Waals surface area contributed by atoms with Crippen LogP contribution in [0.2, 0.25) is 5.02 Å². The summed E-state index contributed by atoms with van der Waals surface area (Å²) in [4.78, 5) is 28.5. The molecule has 3 rings (SSSR count). The molecule has 176 valence electrons. The quantitative estimate of drug-likeness (QED) is 0.587. The molecule has 0 aliphatic carbocycles. The second-order valence-corrected chi connectivity index (χ2v) is 7.59. The largest absolute Gasteiger partial charge is 0.493 e. The number of methoxy groups -OCH3 is 1. The second-order valence-electron chi connectivity index (χ2n) is 7.15. The molecular formula is C23H24ClF2N3O4. The Kier molecular flexibility index (Phi) is 8.48. The molecule has 1 fully saturated rings. The van der Waals surface area contributed by atoms with E-state index in [4.69, 9.17) is 16.3 Å². The van der Waals surface area contributed by atoms with Crippen LogP contribution in [0.25, 0.3) is 6.08 Å². The number of nitrogens with zero attached hydrogens (tertiary/aromatic N) is 2. The predicted octanol–water partition coefficient (Wildman–Crippen LogP) is 3.43. The number of piperazine rings is 1. The number of carbonyl (C=O) groups excluding carboxylic acids is 2. The number of nitrogens with one attached hydrogen (secondary N) is 1. The molecule has 0 atom stereocenters. The van der Waals surface area contributed by atoms with Crippen molar-refractivity contribution in [3.8, 4) is 11.5 Å². The number of ether oxygens (including phenoxy) is 2. The fourth-order valence-electron chi connectivity index (χ4n) is 3.40. The zero-order valence-corrected chi connectivity index (χ0v) is 18.7. The molecule has 33 heavy (non-hydrogen) atoms. The van der Waals surface area contributed by atoms with Gasteiger partial charge in [-0.1, -0.05) is 23.7 Å². The third-order valence-electron chi connectivity index (χ3n) is 5.09. The number of alkyl halides is 2. The second kappa shape index (κ2) is 11.5. The van der Waals surface area contributed by atoms with Gasteiger partial charge in [0.1, 0.15) is 0 Å². The van der Waals surface area contributed by atoms with E-state index in [1.54, 1.807) is 11.0 Å². The Morgan fingerprint density at radius 2 is 1.82 bits per heavy atom. The van der Waals surface area contributed by atoms with Gasteiger partial charge in [0, 0.05) is 48.5 Å². The molecule has 1 N–H and O–H groups in total. The van der Waals surface area contributed by atoms with Crippen molar-refractivity contribution in [1.29, 1.82) is 0 Å². The smallest absolute Gasteiger partial charge is 0.387 e. The lowest BCUT2D eigenvalue weighted by molar-refractivity contribution is -0.132. The van der Waals surface area contributed by atoms with E-state index in [1.165, 1.54) is 25.3 Å². The first-order valence-electron chi connectivity index (χ1n) is 10.2. The van der Waals surface area contributed by atoms with Gasteiger partial charge in [0.2, 0.25) is 11.8 Å². The third-order valence-corrected chi connectivity index (χ3v) is 5.34. The van der Waals surface area contributed by atoms with Gasteiger partial charge in [-0.2, -0.15) is 8.78 Å². The van der Waals surface area contributed by atoms with Crippen molar-refractivity contribution < 1.29 is 27.8 Å². The van der Waals surface area contributed by atoms with Crippen LogP contribution in [0.4, 0.5) is 14.5 Å². The fourth-order valence-corrected chi connectivity index (χ4v) is 3.53. The van der Waals surface area contributed by atoms with E-state index in [2.05, 4.69) is 15.0 Å². The van der Waals surface area contributed by atoms with Crippen LogP contribution in [0.5, 0.6) is 11.5 Å². The summed E-state index contributed by atoms with van der Waals surface area (Å²) >= 11 is 5.92. The number of amides is 2. The standard InChI is InChI=1S/C23H24ClF2N3O4/c1-32-19-4-2-3-16(22(19)33-23(25)26)5-10-20(30)27-15-21(31)29-13-11-28(12-14-29)18-8-6-17(24)7-9-18/h2-10,23H,11-15H2,1H3,(H,27,30)/b10-5+. The number of benzene rings is 2. The molecule has 7 nitrogen and oxygen atoms in total. The first-order valence-corrected chi connectivity index (χ1v) is 10.6. The molecule has 0 spiro atoms. The normalized spacial score (nSPS) is 14.0. The van der Waals surface area contributed by atoms with Crippen LogP contribution >= 0.6 is 11.6 Å². The number of carbonyl (C=O) groups is 2. The highest BCUT2D eigenvalue weighted by atomic mass is 35.5. The van der Waals surface area contributed by atoms with Gasteiger partial charge in [-0.25, -0.2) is 0 Å². The number of para-hydroxylation sites is 1. The third kappa shape index (κ3) is 6.82. The first-order chi connectivity index (χ1) is 15.9. The van der Waals surface area contributed by atoms with E-state index in [0.717, 1.165) is 11.8 Å². The Hall–Kier alpha value is -3.33. The van der Waals surface area contributed by atoms with E-state index in [1.807, 2.05) is 24.3 Å². The number of anilines is 1. The Morgan fingerprint density at radius 3 is 2.45 bits per heavy atom. The molecular weight excluding hydrogens is 456 g/mol. The zero-order valence-electron chi connectivity index (χ0n) is 18.0. The van der Waals surface area contributed by atoms with E-state index in [9.17, 15) is 18.4 Å². The summed E-state index contributed by atoms with van der Waals surface area (Å²) in [6.07, 6.45) is 2.48. The molecule has 1 aliphatic rings. The highest BCUT2D eigenvalue weighted by Gasteiger charge is 2.21. The molecule has 2 aromatic rings. The average Bonchev–Trinajstić information content (AvgIpc) is 2.82. The Morgan fingerprint density at radius 1 is 1.12 bits per heavy atom. The van der Waals surface area contributed by atoms with Crippen molar-refractivity contribution in [2.75, 3.05) is 44.7 Å². The minimum absolute atomic E-state index is 0.116. The molecule has 1 heterocycles. The Balaban J connectivity index is 1.50. The summed E-state index contributed by atoms with van der Waals surface area (Å²) in [6, 6.07) is 12.1. The van der Waals surface area contributed by atoms with Crippen LogP contribution < -0.4 is 19.7 Å². The van der Waals surface area contributed by atoms with Gasteiger partial charge in [0.25, 0.3) is 0 Å². The lowest BCUT2D eigenvalue weighted by Crippen LogP contribution is -2.51. The molecule has 0 bridgehead atoms. The molecule has 0 unspecified atom stereocenters. The molecule has 10 heteroatoms. The Bertz CT molecular complexity index is 994. The molecule has 0 radical (unpaired) electrons. The van der Waals surface area contributed by atoms with Crippen molar-refractivity contribution in [2.24, 2.45) is 0 Å². The van der Waals surface area contributed by atoms with Gasteiger partial charge in [-0.3, -0.25) is 9.59 Å². The van der Waals surface area contributed by atoms with Crippen molar-refractivity contribution in [2.45, 2.75) is 6.61 Å². The topological polar surface area (TPSA) is 71.1 Å². The maximum atomic E-state index is 12.7. The fraction of sp³-hybridized carbons (Fsp3) is 0.304. The Labute approximate surface area is 195 Å². The van der Waals surface area contributed by atoms with E-state index in [-0.39, 0.29) is 29.5 Å². The summed E-state index contributed by atoms with van der Waals surface area (Å²) in [6.45, 7) is -0.798. The average molecular weight is 480 g/mol. The van der Waals surface area contributed by atoms with Crippen LogP contribution in [0.3, 0.4) is 0 Å². The number of hydrogen-bond acceptors (Lipinski definition) is 5. The van der Waals surface area contributed by atoms with E-state index in [0.29, 0.717) is 31.2 Å².